The van der Waals surface area contributed by atoms with E-state index in [2.05, 4.69) is 15.4 Å². The van der Waals surface area contributed by atoms with Gasteiger partial charge in [-0.3, -0.25) is 9.48 Å². The van der Waals surface area contributed by atoms with Gasteiger partial charge in [0.2, 0.25) is 0 Å². The van der Waals surface area contributed by atoms with Gasteiger partial charge in [0, 0.05) is 23.3 Å². The Balaban J connectivity index is 1.28. The van der Waals surface area contributed by atoms with Crippen LogP contribution >= 0.6 is 0 Å². The van der Waals surface area contributed by atoms with Crippen LogP contribution in [-0.2, 0) is 12.7 Å². The molecule has 0 unspecified atom stereocenters. The summed E-state index contributed by atoms with van der Waals surface area (Å²) in [4.78, 5) is 15.9. The van der Waals surface area contributed by atoms with Crippen molar-refractivity contribution in [1.29, 1.82) is 0 Å². The van der Waals surface area contributed by atoms with Crippen molar-refractivity contribution in [2.75, 3.05) is 5.32 Å². The highest BCUT2D eigenvalue weighted by Gasteiger charge is 2.29. The van der Waals surface area contributed by atoms with Crippen LogP contribution in [0.4, 0.5) is 18.9 Å². The van der Waals surface area contributed by atoms with Crippen molar-refractivity contribution in [1.82, 2.24) is 14.8 Å². The second-order valence-electron chi connectivity index (χ2n) is 7.90. The number of nitrogens with zero attached hydrogens (tertiary/aromatic N) is 2. The van der Waals surface area contributed by atoms with Crippen LogP contribution < -0.4 is 10.1 Å². The van der Waals surface area contributed by atoms with E-state index in [9.17, 15) is 18.0 Å². The van der Waals surface area contributed by atoms with Crippen LogP contribution in [0.3, 0.4) is 0 Å². The van der Waals surface area contributed by atoms with Gasteiger partial charge in [0.15, 0.2) is 0 Å². The van der Waals surface area contributed by atoms with E-state index in [1.807, 2.05) is 48.5 Å². The van der Waals surface area contributed by atoms with Gasteiger partial charge in [-0.25, -0.2) is 0 Å². The van der Waals surface area contributed by atoms with E-state index in [-0.39, 0.29) is 12.5 Å². The number of ether oxygens (including phenoxy) is 1. The molecule has 0 fully saturated rings. The van der Waals surface area contributed by atoms with Crippen molar-refractivity contribution in [2.45, 2.75) is 12.7 Å². The van der Waals surface area contributed by atoms with Crippen molar-refractivity contribution in [3.05, 3.63) is 108 Å². The minimum Gasteiger partial charge on any atom is -0.457 e. The number of carbonyl (C=O) groups is 1. The van der Waals surface area contributed by atoms with Crippen molar-refractivity contribution in [3.8, 4) is 11.5 Å². The lowest BCUT2D eigenvalue weighted by molar-refractivity contribution is -0.137. The molecular formula is C26H19F3N4O2. The van der Waals surface area contributed by atoms with Crippen LogP contribution in [0.2, 0.25) is 0 Å². The number of halogens is 3. The van der Waals surface area contributed by atoms with Gasteiger partial charge in [0.25, 0.3) is 5.91 Å². The lowest BCUT2D eigenvalue weighted by Crippen LogP contribution is -2.11. The van der Waals surface area contributed by atoms with Gasteiger partial charge in [-0.15, -0.1) is 0 Å². The molecule has 9 heteroatoms. The molecule has 0 aliphatic carbocycles. The fourth-order valence-electron chi connectivity index (χ4n) is 3.64. The molecular weight excluding hydrogens is 457 g/mol. The van der Waals surface area contributed by atoms with E-state index in [0.29, 0.717) is 28.3 Å². The number of benzene rings is 3. The van der Waals surface area contributed by atoms with Gasteiger partial charge in [0.1, 0.15) is 11.5 Å². The third kappa shape index (κ3) is 5.03. The first-order valence-electron chi connectivity index (χ1n) is 10.7. The highest BCUT2D eigenvalue weighted by Crippen LogP contribution is 2.31. The second kappa shape index (κ2) is 9.02. The molecule has 5 aromatic rings. The Morgan fingerprint density at radius 1 is 1.00 bits per heavy atom. The Labute approximate surface area is 198 Å². The number of hydrogen-bond donors (Lipinski definition) is 2. The molecule has 0 saturated carbocycles. The number of anilines is 1. The first-order chi connectivity index (χ1) is 16.8. The van der Waals surface area contributed by atoms with Crippen molar-refractivity contribution >= 4 is 22.5 Å². The second-order valence-corrected chi connectivity index (χ2v) is 7.90. The molecule has 2 N–H and O–H groups in total. The summed E-state index contributed by atoms with van der Waals surface area (Å²) >= 11 is 0. The molecule has 2 heterocycles. The van der Waals surface area contributed by atoms with Gasteiger partial charge < -0.3 is 15.0 Å². The minimum absolute atomic E-state index is 0.235. The SMILES string of the molecule is O=C(Nc1c[nH]c2ccc(Oc3ccccc3)cc12)c1cnn(Cc2ccc(C(F)(F)F)cc2)c1. The van der Waals surface area contributed by atoms with E-state index in [4.69, 9.17) is 4.74 Å². The number of amides is 1. The predicted molar refractivity (Wildman–Crippen MR) is 126 cm³/mol. The molecule has 0 spiro atoms. The van der Waals surface area contributed by atoms with Crippen LogP contribution in [0.1, 0.15) is 21.5 Å². The molecule has 5 rings (SSSR count). The Kier molecular flexibility index (Phi) is 5.74. The number of rotatable bonds is 6. The Bertz CT molecular complexity index is 1470. The summed E-state index contributed by atoms with van der Waals surface area (Å²) < 4.78 is 45.6. The van der Waals surface area contributed by atoms with Crippen molar-refractivity contribution < 1.29 is 22.7 Å². The predicted octanol–water partition coefficient (Wildman–Crippen LogP) is 6.48. The van der Waals surface area contributed by atoms with Gasteiger partial charge in [-0.2, -0.15) is 18.3 Å². The van der Waals surface area contributed by atoms with Crippen molar-refractivity contribution in [3.63, 3.8) is 0 Å². The lowest BCUT2D eigenvalue weighted by atomic mass is 10.1. The molecule has 0 saturated heterocycles. The molecule has 0 radical (unpaired) electrons. The molecule has 0 aliphatic rings. The summed E-state index contributed by atoms with van der Waals surface area (Å²) in [7, 11) is 0. The number of H-pyrrole nitrogens is 1. The highest BCUT2D eigenvalue weighted by molar-refractivity contribution is 6.09. The average Bonchev–Trinajstić information content (AvgIpc) is 3.47. The fraction of sp³-hybridized carbons (Fsp3) is 0.0769. The average molecular weight is 476 g/mol. The topological polar surface area (TPSA) is 71.9 Å². The highest BCUT2D eigenvalue weighted by atomic mass is 19.4. The molecule has 3 aromatic carbocycles. The zero-order chi connectivity index (χ0) is 24.4. The number of hydrogen-bond acceptors (Lipinski definition) is 3. The molecule has 0 atom stereocenters. The molecule has 0 aliphatic heterocycles. The summed E-state index contributed by atoms with van der Waals surface area (Å²) in [5.41, 5.74) is 1.66. The fourth-order valence-corrected chi connectivity index (χ4v) is 3.64. The summed E-state index contributed by atoms with van der Waals surface area (Å²) in [6, 6.07) is 19.8. The number of nitrogens with one attached hydrogen (secondary N) is 2. The quantitative estimate of drug-likeness (QED) is 0.295. The Morgan fingerprint density at radius 3 is 2.51 bits per heavy atom. The first kappa shape index (κ1) is 22.3. The third-order valence-electron chi connectivity index (χ3n) is 5.40. The molecule has 1 amide bonds. The monoisotopic (exact) mass is 476 g/mol. The molecule has 0 bridgehead atoms. The van der Waals surface area contributed by atoms with E-state index in [0.717, 1.165) is 23.0 Å². The number of aromatic amines is 1. The van der Waals surface area contributed by atoms with Gasteiger partial charge in [-0.1, -0.05) is 30.3 Å². The molecule has 35 heavy (non-hydrogen) atoms. The first-order valence-corrected chi connectivity index (χ1v) is 10.7. The third-order valence-corrected chi connectivity index (χ3v) is 5.40. The number of para-hydroxylation sites is 1. The summed E-state index contributed by atoms with van der Waals surface area (Å²) in [5.74, 6) is 0.968. The largest absolute Gasteiger partial charge is 0.457 e. The number of alkyl halides is 3. The molecule has 2 aromatic heterocycles. The number of aromatic nitrogens is 3. The lowest BCUT2D eigenvalue weighted by Gasteiger charge is -2.07. The maximum Gasteiger partial charge on any atom is 0.416 e. The van der Waals surface area contributed by atoms with E-state index in [1.54, 1.807) is 12.4 Å². The molecule has 176 valence electrons. The zero-order valence-electron chi connectivity index (χ0n) is 18.2. The van der Waals surface area contributed by atoms with E-state index in [1.165, 1.54) is 23.0 Å². The van der Waals surface area contributed by atoms with E-state index < -0.39 is 11.7 Å². The Hall–Kier alpha value is -4.53. The number of fused-ring (bicyclic) bond motifs is 1. The van der Waals surface area contributed by atoms with Crippen LogP contribution in [0.25, 0.3) is 10.9 Å². The van der Waals surface area contributed by atoms with E-state index >= 15 is 0 Å². The number of carbonyl (C=O) groups excluding carboxylic acids is 1. The molecule has 6 nitrogen and oxygen atoms in total. The minimum atomic E-state index is -4.38. The van der Waals surface area contributed by atoms with Gasteiger partial charge >= 0.3 is 6.18 Å². The maximum atomic E-state index is 12.8. The van der Waals surface area contributed by atoms with Crippen LogP contribution in [0.15, 0.2) is 91.4 Å². The Morgan fingerprint density at radius 2 is 1.77 bits per heavy atom. The van der Waals surface area contributed by atoms with Crippen LogP contribution in [-0.4, -0.2) is 20.7 Å². The van der Waals surface area contributed by atoms with Gasteiger partial charge in [-0.05, 0) is 48.0 Å². The maximum absolute atomic E-state index is 12.8. The van der Waals surface area contributed by atoms with Crippen LogP contribution in [0, 0.1) is 0 Å². The summed E-state index contributed by atoms with van der Waals surface area (Å²) in [5, 5.41) is 7.81. The standard InChI is InChI=1S/C26H19F3N4O2/c27-26(28,29)19-8-6-17(7-9-19)15-33-16-18(13-31-33)25(34)32-24-14-30-23-11-10-21(12-22(23)24)35-20-4-2-1-3-5-20/h1-14,16,30H,15H2,(H,32,34). The normalized spacial score (nSPS) is 11.5. The zero-order valence-corrected chi connectivity index (χ0v) is 18.2. The summed E-state index contributed by atoms with van der Waals surface area (Å²) in [6.45, 7) is 0.235. The summed E-state index contributed by atoms with van der Waals surface area (Å²) in [6.07, 6.45) is 0.276. The smallest absolute Gasteiger partial charge is 0.416 e. The van der Waals surface area contributed by atoms with Crippen molar-refractivity contribution in [2.24, 2.45) is 0 Å². The van der Waals surface area contributed by atoms with Crippen LogP contribution in [0.5, 0.6) is 11.5 Å². The van der Waals surface area contributed by atoms with Gasteiger partial charge in [0.05, 0.1) is 29.6 Å².